The fourth-order valence-electron chi connectivity index (χ4n) is 5.58. The van der Waals surface area contributed by atoms with Gasteiger partial charge >= 0.3 is 5.97 Å². The Bertz CT molecular complexity index is 1530. The maximum absolute atomic E-state index is 12.9. The van der Waals surface area contributed by atoms with Crippen LogP contribution in [0.25, 0.3) is 22.0 Å². The number of aromatic nitrogens is 3. The van der Waals surface area contributed by atoms with Crippen molar-refractivity contribution in [3.8, 4) is 11.1 Å². The zero-order valence-corrected chi connectivity index (χ0v) is 23.4. The summed E-state index contributed by atoms with van der Waals surface area (Å²) in [6, 6.07) is 10.4. The first-order valence-corrected chi connectivity index (χ1v) is 13.3. The molecule has 0 fully saturated rings. The van der Waals surface area contributed by atoms with E-state index >= 15 is 0 Å². The van der Waals surface area contributed by atoms with Gasteiger partial charge in [0.25, 0.3) is 0 Å². The summed E-state index contributed by atoms with van der Waals surface area (Å²) in [5.74, 6) is -0.486. The van der Waals surface area contributed by atoms with Crippen LogP contribution >= 0.6 is 0 Å². The van der Waals surface area contributed by atoms with Crippen molar-refractivity contribution in [3.63, 3.8) is 0 Å². The lowest BCUT2D eigenvalue weighted by Crippen LogP contribution is -2.32. The smallest absolute Gasteiger partial charge is 0.337 e. The SMILES string of the molecule is Cc1ccc(-c2c([C@H](OC(C)(C)C)C(=O)O)c(C)c3c4c2cc(C)n4CCN3c2ncc(CCO)cn2)cc1. The van der Waals surface area contributed by atoms with Crippen LogP contribution in [0.4, 0.5) is 11.6 Å². The Kier molecular flexibility index (Phi) is 6.95. The summed E-state index contributed by atoms with van der Waals surface area (Å²) in [5, 5.41) is 20.8. The minimum Gasteiger partial charge on any atom is -0.479 e. The number of aliphatic hydroxyl groups is 1. The maximum Gasteiger partial charge on any atom is 0.337 e. The van der Waals surface area contributed by atoms with Crippen molar-refractivity contribution in [2.45, 2.75) is 66.2 Å². The number of aliphatic hydroxyl groups excluding tert-OH is 1. The van der Waals surface area contributed by atoms with Gasteiger partial charge in [0.15, 0.2) is 6.10 Å². The average molecular weight is 529 g/mol. The van der Waals surface area contributed by atoms with Crippen molar-refractivity contribution in [1.29, 1.82) is 0 Å². The lowest BCUT2D eigenvalue weighted by atomic mass is 9.87. The number of rotatable bonds is 7. The number of anilines is 2. The fraction of sp³-hybridized carbons (Fsp3) is 0.387. The molecule has 0 unspecified atom stereocenters. The Morgan fingerprint density at radius 1 is 1.08 bits per heavy atom. The number of aliphatic carboxylic acids is 1. The Hall–Kier alpha value is -3.75. The highest BCUT2D eigenvalue weighted by Gasteiger charge is 2.36. The molecule has 5 rings (SSSR count). The first kappa shape index (κ1) is 26.8. The van der Waals surface area contributed by atoms with Gasteiger partial charge in [0.05, 0.1) is 16.8 Å². The average Bonchev–Trinajstić information content (AvgIpc) is 3.22. The number of ether oxygens (including phenoxy) is 1. The lowest BCUT2D eigenvalue weighted by Gasteiger charge is -2.35. The Morgan fingerprint density at radius 2 is 1.74 bits per heavy atom. The summed E-state index contributed by atoms with van der Waals surface area (Å²) < 4.78 is 8.56. The van der Waals surface area contributed by atoms with Gasteiger partial charge in [0.2, 0.25) is 5.95 Å². The summed E-state index contributed by atoms with van der Waals surface area (Å²) >= 11 is 0. The van der Waals surface area contributed by atoms with E-state index in [1.54, 1.807) is 12.4 Å². The maximum atomic E-state index is 12.9. The Balaban J connectivity index is 1.85. The van der Waals surface area contributed by atoms with Crippen LogP contribution in [-0.4, -0.2) is 49.5 Å². The topological polar surface area (TPSA) is 101 Å². The van der Waals surface area contributed by atoms with Crippen molar-refractivity contribution in [2.24, 2.45) is 0 Å². The van der Waals surface area contributed by atoms with Crippen LogP contribution in [0.1, 0.15) is 54.8 Å². The molecule has 1 atom stereocenters. The van der Waals surface area contributed by atoms with Gasteiger partial charge in [-0.05, 0) is 76.3 Å². The monoisotopic (exact) mass is 528 g/mol. The van der Waals surface area contributed by atoms with E-state index in [1.807, 2.05) is 34.6 Å². The van der Waals surface area contributed by atoms with E-state index in [-0.39, 0.29) is 6.61 Å². The molecule has 2 aromatic heterocycles. The number of aryl methyl sites for hydroxylation is 2. The van der Waals surface area contributed by atoms with E-state index in [1.165, 1.54) is 0 Å². The zero-order valence-electron chi connectivity index (χ0n) is 23.4. The van der Waals surface area contributed by atoms with Gasteiger partial charge in [0, 0.05) is 48.7 Å². The summed E-state index contributed by atoms with van der Waals surface area (Å²) in [7, 11) is 0. The van der Waals surface area contributed by atoms with E-state index < -0.39 is 17.7 Å². The third-order valence-electron chi connectivity index (χ3n) is 7.28. The van der Waals surface area contributed by atoms with Crippen LogP contribution < -0.4 is 4.90 Å². The van der Waals surface area contributed by atoms with Crippen LogP contribution in [0.2, 0.25) is 0 Å². The molecule has 0 saturated heterocycles. The summed E-state index contributed by atoms with van der Waals surface area (Å²) in [6.07, 6.45) is 2.80. The van der Waals surface area contributed by atoms with Gasteiger partial charge in [-0.1, -0.05) is 29.8 Å². The lowest BCUT2D eigenvalue weighted by molar-refractivity contribution is -0.160. The molecule has 1 aliphatic rings. The third-order valence-corrected chi connectivity index (χ3v) is 7.28. The van der Waals surface area contributed by atoms with Crippen LogP contribution in [0, 0.1) is 20.8 Å². The minimum absolute atomic E-state index is 0.0349. The quantitative estimate of drug-likeness (QED) is 0.320. The highest BCUT2D eigenvalue weighted by Crippen LogP contribution is 2.49. The summed E-state index contributed by atoms with van der Waals surface area (Å²) in [6.45, 7) is 13.2. The minimum atomic E-state index is -1.18. The molecule has 0 aliphatic carbocycles. The molecule has 0 spiro atoms. The molecule has 2 aromatic carbocycles. The second-order valence-electron chi connectivity index (χ2n) is 11.3. The van der Waals surface area contributed by atoms with E-state index in [0.717, 1.165) is 56.6 Å². The summed E-state index contributed by atoms with van der Waals surface area (Å²) in [5.41, 5.74) is 7.67. The molecule has 204 valence electrons. The molecule has 39 heavy (non-hydrogen) atoms. The number of carboxylic acid groups (broad SMARTS) is 1. The number of hydrogen-bond donors (Lipinski definition) is 2. The number of carboxylic acids is 1. The molecule has 4 aromatic rings. The molecule has 0 bridgehead atoms. The van der Waals surface area contributed by atoms with Crippen LogP contribution in [0.3, 0.4) is 0 Å². The van der Waals surface area contributed by atoms with E-state index in [0.29, 0.717) is 24.5 Å². The first-order valence-electron chi connectivity index (χ1n) is 13.3. The van der Waals surface area contributed by atoms with Gasteiger partial charge in [0.1, 0.15) is 0 Å². The van der Waals surface area contributed by atoms with Gasteiger partial charge in [-0.15, -0.1) is 0 Å². The molecular formula is C31H36N4O4. The van der Waals surface area contributed by atoms with Crippen LogP contribution in [0.5, 0.6) is 0 Å². The molecular weight excluding hydrogens is 492 g/mol. The molecule has 1 aliphatic heterocycles. The number of carbonyl (C=O) groups is 1. The highest BCUT2D eigenvalue weighted by atomic mass is 16.5. The van der Waals surface area contributed by atoms with E-state index in [2.05, 4.69) is 56.7 Å². The van der Waals surface area contributed by atoms with Gasteiger partial charge in [-0.3, -0.25) is 0 Å². The largest absolute Gasteiger partial charge is 0.479 e. The summed E-state index contributed by atoms with van der Waals surface area (Å²) in [4.78, 5) is 24.2. The van der Waals surface area contributed by atoms with Crippen LogP contribution in [-0.2, 0) is 22.5 Å². The second-order valence-corrected chi connectivity index (χ2v) is 11.3. The van der Waals surface area contributed by atoms with Crippen molar-refractivity contribution >= 4 is 28.5 Å². The van der Waals surface area contributed by atoms with Gasteiger partial charge < -0.3 is 24.4 Å². The van der Waals surface area contributed by atoms with Gasteiger partial charge in [-0.2, -0.15) is 0 Å². The number of benzene rings is 2. The normalized spacial score (nSPS) is 14.2. The zero-order chi connectivity index (χ0) is 28.1. The van der Waals surface area contributed by atoms with E-state index in [9.17, 15) is 15.0 Å². The Labute approximate surface area is 228 Å². The van der Waals surface area contributed by atoms with E-state index in [4.69, 9.17) is 4.74 Å². The molecule has 2 N–H and O–H groups in total. The van der Waals surface area contributed by atoms with Crippen molar-refractivity contribution in [2.75, 3.05) is 18.1 Å². The van der Waals surface area contributed by atoms with Crippen molar-refractivity contribution in [1.82, 2.24) is 14.5 Å². The molecule has 0 saturated carbocycles. The molecule has 8 heteroatoms. The standard InChI is InChI=1S/C31H36N4O4/c1-18-7-9-22(10-8-18)25-23-15-19(2)34-12-13-35(30-32-16-21(11-14-36)17-33-30)26(27(23)34)20(3)24(25)28(29(37)38)39-31(4,5)6/h7-10,15-17,28,36H,11-14H2,1-6H3,(H,37,38)/t28-/m0/s1. The first-order chi connectivity index (χ1) is 18.5. The number of hydrogen-bond acceptors (Lipinski definition) is 6. The molecule has 8 nitrogen and oxygen atoms in total. The predicted molar refractivity (Wildman–Crippen MR) is 153 cm³/mol. The van der Waals surface area contributed by atoms with Gasteiger partial charge in [-0.25, -0.2) is 14.8 Å². The fourth-order valence-corrected chi connectivity index (χ4v) is 5.58. The highest BCUT2D eigenvalue weighted by molar-refractivity contribution is 6.08. The molecule has 0 radical (unpaired) electrons. The third kappa shape index (κ3) is 4.90. The second kappa shape index (κ2) is 10.1. The molecule has 3 heterocycles. The number of nitrogens with zero attached hydrogens (tertiary/aromatic N) is 4. The Morgan fingerprint density at radius 3 is 2.33 bits per heavy atom. The van der Waals surface area contributed by atoms with Crippen molar-refractivity contribution in [3.05, 3.63) is 70.7 Å². The van der Waals surface area contributed by atoms with Crippen LogP contribution in [0.15, 0.2) is 42.7 Å². The molecule has 0 amide bonds. The van der Waals surface area contributed by atoms with Crippen molar-refractivity contribution < 1.29 is 19.7 Å². The predicted octanol–water partition coefficient (Wildman–Crippen LogP) is 5.65.